The molecule has 1 N–H and O–H groups in total. The van der Waals surface area contributed by atoms with Gasteiger partial charge in [0.05, 0.1) is 23.9 Å². The zero-order valence-corrected chi connectivity index (χ0v) is 20.6. The lowest BCUT2D eigenvalue weighted by Gasteiger charge is -2.17. The van der Waals surface area contributed by atoms with Crippen LogP contribution in [-0.2, 0) is 5.75 Å². The summed E-state index contributed by atoms with van der Waals surface area (Å²) >= 11 is 1.50. The standard InChI is InChI=1S/C29H25N3O2S/c1-19-9-7-8-10-22(19)18-35-29-25(17-30)27(21-13-15-24(34-3)16-14-21)26(20(2)31-29)28(33)32-23-11-5-4-6-12-23/h4-16H,18H2,1-3H3,(H,32,33). The summed E-state index contributed by atoms with van der Waals surface area (Å²) in [6, 6.07) is 27.1. The molecule has 1 heterocycles. The molecular formula is C29H25N3O2S. The van der Waals surface area contributed by atoms with Crippen LogP contribution in [0.2, 0.25) is 0 Å². The Balaban J connectivity index is 1.82. The van der Waals surface area contributed by atoms with Crippen molar-refractivity contribution < 1.29 is 9.53 Å². The van der Waals surface area contributed by atoms with Crippen molar-refractivity contribution >= 4 is 23.4 Å². The van der Waals surface area contributed by atoms with Gasteiger partial charge in [-0.15, -0.1) is 11.8 Å². The molecular weight excluding hydrogens is 454 g/mol. The number of nitrogens with one attached hydrogen (secondary N) is 1. The Morgan fingerprint density at radius 2 is 1.69 bits per heavy atom. The molecule has 0 aliphatic heterocycles. The van der Waals surface area contributed by atoms with Crippen molar-refractivity contribution in [3.8, 4) is 22.9 Å². The van der Waals surface area contributed by atoms with E-state index < -0.39 is 0 Å². The fraction of sp³-hybridized carbons (Fsp3) is 0.138. The summed E-state index contributed by atoms with van der Waals surface area (Å²) in [5.74, 6) is 1.06. The van der Waals surface area contributed by atoms with Gasteiger partial charge in [0.1, 0.15) is 16.8 Å². The first-order valence-electron chi connectivity index (χ1n) is 11.1. The number of methoxy groups -OCH3 is 1. The van der Waals surface area contributed by atoms with Crippen LogP contribution in [0.15, 0.2) is 83.9 Å². The van der Waals surface area contributed by atoms with Crippen LogP contribution >= 0.6 is 11.8 Å². The fourth-order valence-electron chi connectivity index (χ4n) is 3.84. The predicted octanol–water partition coefficient (Wildman–Crippen LogP) is 6.79. The number of benzene rings is 3. The van der Waals surface area contributed by atoms with Crippen LogP contribution in [0.4, 0.5) is 5.69 Å². The Morgan fingerprint density at radius 1 is 1.00 bits per heavy atom. The molecule has 4 aromatic rings. The minimum atomic E-state index is -0.307. The number of hydrogen-bond acceptors (Lipinski definition) is 5. The van der Waals surface area contributed by atoms with Crippen molar-refractivity contribution in [3.05, 3.63) is 107 Å². The Kier molecular flexibility index (Phi) is 7.49. The van der Waals surface area contributed by atoms with E-state index in [0.717, 1.165) is 5.56 Å². The third kappa shape index (κ3) is 5.37. The highest BCUT2D eigenvalue weighted by molar-refractivity contribution is 7.98. The van der Waals surface area contributed by atoms with Gasteiger partial charge in [-0.3, -0.25) is 4.79 Å². The summed E-state index contributed by atoms with van der Waals surface area (Å²) in [4.78, 5) is 18.2. The molecule has 6 heteroatoms. The van der Waals surface area contributed by atoms with Gasteiger partial charge in [0, 0.05) is 17.0 Å². The topological polar surface area (TPSA) is 75.0 Å². The molecule has 0 unspecified atom stereocenters. The lowest BCUT2D eigenvalue weighted by atomic mass is 9.94. The first kappa shape index (κ1) is 24.1. The van der Waals surface area contributed by atoms with Gasteiger partial charge < -0.3 is 10.1 Å². The number of carbonyl (C=O) groups excluding carboxylic acids is 1. The van der Waals surface area contributed by atoms with Gasteiger partial charge in [-0.2, -0.15) is 5.26 Å². The van der Waals surface area contributed by atoms with Crippen LogP contribution < -0.4 is 10.1 Å². The average molecular weight is 480 g/mol. The van der Waals surface area contributed by atoms with Gasteiger partial charge in [0.2, 0.25) is 0 Å². The average Bonchev–Trinajstić information content (AvgIpc) is 2.88. The third-order valence-electron chi connectivity index (χ3n) is 5.72. The Bertz CT molecular complexity index is 1390. The number of ether oxygens (including phenoxy) is 1. The molecule has 174 valence electrons. The fourth-order valence-corrected chi connectivity index (χ4v) is 4.95. The van der Waals surface area contributed by atoms with E-state index in [1.54, 1.807) is 7.11 Å². The summed E-state index contributed by atoms with van der Waals surface area (Å²) < 4.78 is 5.30. The van der Waals surface area contributed by atoms with E-state index in [4.69, 9.17) is 9.72 Å². The zero-order valence-electron chi connectivity index (χ0n) is 19.8. The molecule has 0 saturated heterocycles. The molecule has 0 spiro atoms. The number of amides is 1. The second kappa shape index (κ2) is 10.9. The minimum Gasteiger partial charge on any atom is -0.497 e. The predicted molar refractivity (Wildman–Crippen MR) is 141 cm³/mol. The van der Waals surface area contributed by atoms with Crippen LogP contribution in [0, 0.1) is 25.2 Å². The molecule has 4 rings (SSSR count). The molecule has 3 aromatic carbocycles. The van der Waals surface area contributed by atoms with Gasteiger partial charge in [-0.25, -0.2) is 4.98 Å². The third-order valence-corrected chi connectivity index (χ3v) is 6.74. The molecule has 0 aliphatic rings. The smallest absolute Gasteiger partial charge is 0.258 e. The number of aryl methyl sites for hydroxylation is 2. The number of rotatable bonds is 7. The highest BCUT2D eigenvalue weighted by Crippen LogP contribution is 2.37. The maximum atomic E-state index is 13.5. The van der Waals surface area contributed by atoms with Gasteiger partial charge in [-0.1, -0.05) is 54.6 Å². The van der Waals surface area contributed by atoms with Crippen molar-refractivity contribution in [1.29, 1.82) is 5.26 Å². The molecule has 0 radical (unpaired) electrons. The monoisotopic (exact) mass is 479 g/mol. The molecule has 0 bridgehead atoms. The van der Waals surface area contributed by atoms with E-state index in [0.29, 0.717) is 44.6 Å². The molecule has 35 heavy (non-hydrogen) atoms. The molecule has 0 fully saturated rings. The molecule has 1 aromatic heterocycles. The van der Waals surface area contributed by atoms with Crippen LogP contribution in [0.25, 0.3) is 11.1 Å². The molecule has 5 nitrogen and oxygen atoms in total. The van der Waals surface area contributed by atoms with Crippen LogP contribution in [0.1, 0.15) is 32.7 Å². The maximum Gasteiger partial charge on any atom is 0.258 e. The number of nitrogens with zero attached hydrogens (tertiary/aromatic N) is 2. The van der Waals surface area contributed by atoms with E-state index >= 15 is 0 Å². The highest BCUT2D eigenvalue weighted by Gasteiger charge is 2.24. The van der Waals surface area contributed by atoms with E-state index in [1.807, 2.05) is 73.7 Å². The summed E-state index contributed by atoms with van der Waals surface area (Å²) in [6.07, 6.45) is 0. The highest BCUT2D eigenvalue weighted by atomic mass is 32.2. The van der Waals surface area contributed by atoms with Gasteiger partial charge >= 0.3 is 0 Å². The number of aromatic nitrogens is 1. The quantitative estimate of drug-likeness (QED) is 0.295. The Labute approximate surface area is 209 Å². The van der Waals surface area contributed by atoms with Gasteiger partial charge in [-0.05, 0) is 54.8 Å². The van der Waals surface area contributed by atoms with Crippen molar-refractivity contribution in [2.75, 3.05) is 12.4 Å². The summed E-state index contributed by atoms with van der Waals surface area (Å²) in [5, 5.41) is 13.8. The van der Waals surface area contributed by atoms with Crippen LogP contribution in [-0.4, -0.2) is 18.0 Å². The minimum absolute atomic E-state index is 0.307. The zero-order chi connectivity index (χ0) is 24.8. The first-order chi connectivity index (χ1) is 17.0. The Hall–Kier alpha value is -4.08. The number of para-hydroxylation sites is 1. The second-order valence-corrected chi connectivity index (χ2v) is 8.97. The first-order valence-corrected chi connectivity index (χ1v) is 12.1. The largest absolute Gasteiger partial charge is 0.497 e. The molecule has 0 saturated carbocycles. The molecule has 1 amide bonds. The summed E-state index contributed by atoms with van der Waals surface area (Å²) in [7, 11) is 1.60. The van der Waals surface area contributed by atoms with Gasteiger partial charge in [0.25, 0.3) is 5.91 Å². The van der Waals surface area contributed by atoms with Crippen molar-refractivity contribution in [2.24, 2.45) is 0 Å². The number of carbonyl (C=O) groups is 1. The van der Waals surface area contributed by atoms with Crippen LogP contribution in [0.5, 0.6) is 5.75 Å². The number of hydrogen-bond donors (Lipinski definition) is 1. The lowest BCUT2D eigenvalue weighted by molar-refractivity contribution is 0.102. The second-order valence-electron chi connectivity index (χ2n) is 8.00. The summed E-state index contributed by atoms with van der Waals surface area (Å²) in [6.45, 7) is 3.88. The van der Waals surface area contributed by atoms with Crippen molar-refractivity contribution in [1.82, 2.24) is 4.98 Å². The van der Waals surface area contributed by atoms with E-state index in [9.17, 15) is 10.1 Å². The Morgan fingerprint density at radius 3 is 2.34 bits per heavy atom. The molecule has 0 aliphatic carbocycles. The number of thioether (sulfide) groups is 1. The lowest BCUT2D eigenvalue weighted by Crippen LogP contribution is -2.17. The maximum absolute atomic E-state index is 13.5. The summed E-state index contributed by atoms with van der Waals surface area (Å²) in [5.41, 5.74) is 5.70. The molecule has 0 atom stereocenters. The SMILES string of the molecule is COc1ccc(-c2c(C#N)c(SCc3ccccc3C)nc(C)c2C(=O)Nc2ccccc2)cc1. The number of anilines is 1. The van der Waals surface area contributed by atoms with E-state index in [-0.39, 0.29) is 5.91 Å². The van der Waals surface area contributed by atoms with Crippen molar-refractivity contribution in [3.63, 3.8) is 0 Å². The van der Waals surface area contributed by atoms with Crippen LogP contribution in [0.3, 0.4) is 0 Å². The van der Waals surface area contributed by atoms with E-state index in [2.05, 4.69) is 30.4 Å². The number of pyridine rings is 1. The number of nitriles is 1. The normalized spacial score (nSPS) is 10.5. The van der Waals surface area contributed by atoms with E-state index in [1.165, 1.54) is 22.9 Å². The van der Waals surface area contributed by atoms with Crippen molar-refractivity contribution in [2.45, 2.75) is 24.6 Å². The van der Waals surface area contributed by atoms with Gasteiger partial charge in [0.15, 0.2) is 0 Å².